The highest BCUT2D eigenvalue weighted by atomic mass is 16.5. The van der Waals surface area contributed by atoms with Gasteiger partial charge >= 0.3 is 0 Å². The van der Waals surface area contributed by atoms with E-state index in [9.17, 15) is 9.59 Å². The van der Waals surface area contributed by atoms with Gasteiger partial charge in [0.1, 0.15) is 0 Å². The first-order valence-electron chi connectivity index (χ1n) is 7.72. The summed E-state index contributed by atoms with van der Waals surface area (Å²) in [6.07, 6.45) is 5.16. The van der Waals surface area contributed by atoms with E-state index < -0.39 is 0 Å². The van der Waals surface area contributed by atoms with E-state index in [1.807, 2.05) is 18.7 Å². The highest BCUT2D eigenvalue weighted by Crippen LogP contribution is 2.22. The van der Waals surface area contributed by atoms with Crippen LogP contribution in [-0.4, -0.2) is 50.1 Å². The van der Waals surface area contributed by atoms with Crippen molar-refractivity contribution >= 4 is 11.8 Å². The molecule has 2 amide bonds. The average molecular weight is 296 g/mol. The van der Waals surface area contributed by atoms with E-state index in [-0.39, 0.29) is 11.8 Å². The topological polar surface area (TPSA) is 58.6 Å². The molecule has 0 bridgehead atoms. The molecule has 120 valence electrons. The van der Waals surface area contributed by atoms with Crippen LogP contribution in [0.2, 0.25) is 0 Å². The van der Waals surface area contributed by atoms with Crippen LogP contribution in [0.1, 0.15) is 39.5 Å². The Morgan fingerprint density at radius 2 is 1.95 bits per heavy atom. The van der Waals surface area contributed by atoms with Crippen molar-refractivity contribution in [2.24, 2.45) is 5.92 Å². The second kappa shape index (κ2) is 9.55. The molecule has 0 aromatic rings. The zero-order chi connectivity index (χ0) is 15.7. The highest BCUT2D eigenvalue weighted by molar-refractivity contribution is 5.88. The first-order chi connectivity index (χ1) is 10.0. The zero-order valence-electron chi connectivity index (χ0n) is 13.5. The van der Waals surface area contributed by atoms with Gasteiger partial charge in [-0.2, -0.15) is 0 Å². The minimum atomic E-state index is 0.0927. The van der Waals surface area contributed by atoms with Crippen LogP contribution in [0.4, 0.5) is 0 Å². The van der Waals surface area contributed by atoms with E-state index in [1.165, 1.54) is 0 Å². The summed E-state index contributed by atoms with van der Waals surface area (Å²) in [4.78, 5) is 25.4. The third-order valence-corrected chi connectivity index (χ3v) is 3.75. The number of rotatable bonds is 7. The molecule has 0 aromatic heterocycles. The monoisotopic (exact) mass is 296 g/mol. The molecule has 1 heterocycles. The Hall–Kier alpha value is -1.36. The van der Waals surface area contributed by atoms with Crippen LogP contribution in [-0.2, 0) is 14.3 Å². The number of methoxy groups -OCH3 is 1. The molecule has 1 rings (SSSR count). The van der Waals surface area contributed by atoms with Crippen molar-refractivity contribution in [2.45, 2.75) is 39.5 Å². The number of hydrogen-bond donors (Lipinski definition) is 1. The van der Waals surface area contributed by atoms with Gasteiger partial charge in [0.2, 0.25) is 11.8 Å². The van der Waals surface area contributed by atoms with E-state index in [2.05, 4.69) is 5.32 Å². The molecule has 0 saturated carbocycles. The number of nitrogens with one attached hydrogen (secondary N) is 1. The first-order valence-corrected chi connectivity index (χ1v) is 7.72. The third-order valence-electron chi connectivity index (χ3n) is 3.75. The normalized spacial score (nSPS) is 15.7. The number of likely N-dealkylation sites (tertiary alicyclic amines) is 1. The van der Waals surface area contributed by atoms with Crippen molar-refractivity contribution in [1.29, 1.82) is 0 Å². The summed E-state index contributed by atoms with van der Waals surface area (Å²) >= 11 is 0. The number of ether oxygens (including phenoxy) is 1. The second-order valence-electron chi connectivity index (χ2n) is 5.87. The molecular weight excluding hydrogens is 268 g/mol. The van der Waals surface area contributed by atoms with Crippen LogP contribution in [0.5, 0.6) is 0 Å². The highest BCUT2D eigenvalue weighted by Gasteiger charge is 2.22. The summed E-state index contributed by atoms with van der Waals surface area (Å²) in [5.74, 6) is 0.759. The smallest absolute Gasteiger partial charge is 0.246 e. The van der Waals surface area contributed by atoms with Gasteiger partial charge in [-0.25, -0.2) is 0 Å². The Kier molecular flexibility index (Phi) is 8.05. The fraction of sp³-hybridized carbons (Fsp3) is 0.750. The molecule has 5 heteroatoms. The lowest BCUT2D eigenvalue weighted by Crippen LogP contribution is -2.38. The summed E-state index contributed by atoms with van der Waals surface area (Å²) in [7, 11) is 1.62. The van der Waals surface area contributed by atoms with Crippen LogP contribution < -0.4 is 5.32 Å². The maximum absolute atomic E-state index is 11.9. The molecule has 0 aromatic carbocycles. The van der Waals surface area contributed by atoms with Crippen LogP contribution in [0.25, 0.3) is 0 Å². The summed E-state index contributed by atoms with van der Waals surface area (Å²) in [5.41, 5.74) is 1.04. The van der Waals surface area contributed by atoms with Crippen molar-refractivity contribution < 1.29 is 14.3 Å². The van der Waals surface area contributed by atoms with Crippen molar-refractivity contribution in [1.82, 2.24) is 10.2 Å². The summed E-state index contributed by atoms with van der Waals surface area (Å²) in [6.45, 7) is 6.61. The molecule has 1 aliphatic rings. The van der Waals surface area contributed by atoms with Gasteiger partial charge in [-0.1, -0.05) is 5.57 Å². The quantitative estimate of drug-likeness (QED) is 0.575. The molecular formula is C16H28N2O3. The van der Waals surface area contributed by atoms with Gasteiger partial charge in [0.05, 0.1) is 6.61 Å². The number of carbonyl (C=O) groups excluding carboxylic acids is 2. The molecule has 1 N–H and O–H groups in total. The Labute approximate surface area is 127 Å². The minimum absolute atomic E-state index is 0.0927. The first kappa shape index (κ1) is 17.7. The van der Waals surface area contributed by atoms with Crippen LogP contribution in [0.3, 0.4) is 0 Å². The second-order valence-corrected chi connectivity index (χ2v) is 5.87. The van der Waals surface area contributed by atoms with E-state index in [1.54, 1.807) is 13.2 Å². The predicted octanol–water partition coefficient (Wildman–Crippen LogP) is 1.73. The number of nitrogens with zero attached hydrogens (tertiary/aromatic N) is 1. The lowest BCUT2D eigenvalue weighted by Gasteiger charge is -2.31. The van der Waals surface area contributed by atoms with Gasteiger partial charge < -0.3 is 15.0 Å². The van der Waals surface area contributed by atoms with Crippen molar-refractivity contribution in [3.8, 4) is 0 Å². The van der Waals surface area contributed by atoms with E-state index in [0.29, 0.717) is 25.5 Å². The van der Waals surface area contributed by atoms with Crippen LogP contribution in [0.15, 0.2) is 11.6 Å². The Bertz CT molecular complexity index is 368. The van der Waals surface area contributed by atoms with Gasteiger partial charge in [0, 0.05) is 39.2 Å². The Morgan fingerprint density at radius 3 is 2.52 bits per heavy atom. The van der Waals surface area contributed by atoms with E-state index in [4.69, 9.17) is 4.74 Å². The lowest BCUT2D eigenvalue weighted by molar-refractivity contribution is -0.128. The lowest BCUT2D eigenvalue weighted by atomic mass is 9.92. The standard InChI is InChI=1S/C16H28N2O3/c1-13(2)12-16(20)18-9-6-14(7-10-18)4-5-15(19)17-8-11-21-3/h12,14H,4-11H2,1-3H3,(H,17,19). The number of hydrogen-bond acceptors (Lipinski definition) is 3. The number of amides is 2. The van der Waals surface area contributed by atoms with Gasteiger partial charge in [0.15, 0.2) is 0 Å². The third kappa shape index (κ3) is 7.27. The van der Waals surface area contributed by atoms with Crippen molar-refractivity contribution in [3.63, 3.8) is 0 Å². The summed E-state index contributed by atoms with van der Waals surface area (Å²) in [6, 6.07) is 0. The fourth-order valence-corrected chi connectivity index (χ4v) is 2.50. The van der Waals surface area contributed by atoms with Gasteiger partial charge in [-0.05, 0) is 39.0 Å². The fourth-order valence-electron chi connectivity index (χ4n) is 2.50. The summed E-state index contributed by atoms with van der Waals surface area (Å²) in [5, 5.41) is 2.84. The van der Waals surface area contributed by atoms with E-state index >= 15 is 0 Å². The molecule has 0 radical (unpaired) electrons. The molecule has 0 aliphatic carbocycles. The SMILES string of the molecule is COCCNC(=O)CCC1CCN(C(=O)C=C(C)C)CC1. The van der Waals surface area contributed by atoms with Gasteiger partial charge in [-0.3, -0.25) is 9.59 Å². The minimum Gasteiger partial charge on any atom is -0.383 e. The van der Waals surface area contributed by atoms with Crippen LogP contribution in [0, 0.1) is 5.92 Å². The van der Waals surface area contributed by atoms with Gasteiger partial charge in [-0.15, -0.1) is 0 Å². The van der Waals surface area contributed by atoms with Crippen LogP contribution >= 0.6 is 0 Å². The average Bonchev–Trinajstić information content (AvgIpc) is 2.45. The number of carbonyl (C=O) groups is 2. The summed E-state index contributed by atoms with van der Waals surface area (Å²) < 4.78 is 4.89. The molecule has 0 atom stereocenters. The zero-order valence-corrected chi connectivity index (χ0v) is 13.5. The maximum Gasteiger partial charge on any atom is 0.246 e. The predicted molar refractivity (Wildman–Crippen MR) is 82.9 cm³/mol. The molecule has 1 saturated heterocycles. The van der Waals surface area contributed by atoms with Gasteiger partial charge in [0.25, 0.3) is 0 Å². The Balaban J connectivity index is 2.20. The largest absolute Gasteiger partial charge is 0.383 e. The molecule has 0 spiro atoms. The Morgan fingerprint density at radius 1 is 1.29 bits per heavy atom. The van der Waals surface area contributed by atoms with Crippen molar-refractivity contribution in [2.75, 3.05) is 33.4 Å². The number of piperidine rings is 1. The molecule has 0 unspecified atom stereocenters. The molecule has 1 fully saturated rings. The molecule has 21 heavy (non-hydrogen) atoms. The van der Waals surface area contributed by atoms with E-state index in [0.717, 1.165) is 37.9 Å². The van der Waals surface area contributed by atoms with Crippen molar-refractivity contribution in [3.05, 3.63) is 11.6 Å². The maximum atomic E-state index is 11.9. The number of allylic oxidation sites excluding steroid dienone is 1. The molecule has 1 aliphatic heterocycles. The molecule has 5 nitrogen and oxygen atoms in total.